The topological polar surface area (TPSA) is 86.8 Å². The fourth-order valence-corrected chi connectivity index (χ4v) is 5.42. The van der Waals surface area contributed by atoms with Crippen LogP contribution in [0.15, 0.2) is 72.8 Å². The third-order valence-electron chi connectivity index (χ3n) is 6.57. The number of nitrogens with one attached hydrogen (secondary N) is 1. The average molecular weight is 605 g/mol. The molecule has 1 N–H and O–H groups in total. The van der Waals surface area contributed by atoms with E-state index in [1.54, 1.807) is 0 Å². The predicted octanol–water partition coefficient (Wildman–Crippen LogP) is 5.62. The van der Waals surface area contributed by atoms with Crippen LogP contribution in [-0.2, 0) is 32.6 Å². The molecule has 0 fully saturated rings. The van der Waals surface area contributed by atoms with Crippen molar-refractivity contribution in [1.82, 2.24) is 10.2 Å². The number of amides is 2. The van der Waals surface area contributed by atoms with Crippen molar-refractivity contribution in [3.63, 3.8) is 0 Å². The number of anilines is 1. The van der Waals surface area contributed by atoms with Gasteiger partial charge < -0.3 is 10.2 Å². The molecule has 0 aromatic heterocycles. The highest BCUT2D eigenvalue weighted by Gasteiger charge is 2.33. The van der Waals surface area contributed by atoms with Crippen LogP contribution in [0.25, 0.3) is 0 Å². The van der Waals surface area contributed by atoms with E-state index in [0.29, 0.717) is 6.54 Å². The molecule has 0 bridgehead atoms. The highest BCUT2D eigenvalue weighted by Crippen LogP contribution is 2.29. The van der Waals surface area contributed by atoms with Crippen LogP contribution in [0.3, 0.4) is 0 Å². The van der Waals surface area contributed by atoms with Crippen molar-refractivity contribution in [1.29, 1.82) is 0 Å². The molecule has 10 heteroatoms. The lowest BCUT2D eigenvalue weighted by atomic mass is 10.0. The molecular weight excluding hydrogens is 569 g/mol. The molecule has 0 saturated carbocycles. The number of benzene rings is 3. The van der Waals surface area contributed by atoms with Gasteiger partial charge in [0.05, 0.1) is 22.0 Å². The molecule has 0 aliphatic carbocycles. The van der Waals surface area contributed by atoms with Crippen LogP contribution in [0.5, 0.6) is 0 Å². The molecule has 1 unspecified atom stereocenters. The van der Waals surface area contributed by atoms with Gasteiger partial charge in [0.15, 0.2) is 0 Å². The Labute approximate surface area is 247 Å². The van der Waals surface area contributed by atoms with Crippen molar-refractivity contribution in [2.45, 2.75) is 45.7 Å². The zero-order valence-corrected chi connectivity index (χ0v) is 25.3. The summed E-state index contributed by atoms with van der Waals surface area (Å²) in [5, 5.41) is 3.40. The van der Waals surface area contributed by atoms with Crippen molar-refractivity contribution in [2.75, 3.05) is 23.7 Å². The Morgan fingerprint density at radius 2 is 1.62 bits per heavy atom. The van der Waals surface area contributed by atoms with Gasteiger partial charge in [-0.2, -0.15) is 0 Å². The molecule has 3 aromatic carbocycles. The van der Waals surface area contributed by atoms with Gasteiger partial charge in [0, 0.05) is 19.5 Å². The summed E-state index contributed by atoms with van der Waals surface area (Å²) in [6.45, 7) is 4.06. The Hall–Kier alpha value is -3.07. The van der Waals surface area contributed by atoms with Crippen molar-refractivity contribution in [3.8, 4) is 0 Å². The second kappa shape index (κ2) is 14.5. The summed E-state index contributed by atoms with van der Waals surface area (Å²) in [5.74, 6) is -0.814. The molecule has 2 amide bonds. The van der Waals surface area contributed by atoms with Crippen LogP contribution in [-0.4, -0.2) is 50.5 Å². The van der Waals surface area contributed by atoms with Crippen LogP contribution in [0, 0.1) is 6.92 Å². The minimum absolute atomic E-state index is 0.128. The molecule has 0 spiro atoms. The zero-order chi connectivity index (χ0) is 29.3. The van der Waals surface area contributed by atoms with Crippen LogP contribution < -0.4 is 9.62 Å². The Bertz CT molecular complexity index is 1420. The Kier molecular flexibility index (Phi) is 11.4. The van der Waals surface area contributed by atoms with Crippen molar-refractivity contribution >= 4 is 50.7 Å². The van der Waals surface area contributed by atoms with Crippen molar-refractivity contribution in [3.05, 3.63) is 99.5 Å². The first-order valence-electron chi connectivity index (χ1n) is 13.1. The van der Waals surface area contributed by atoms with Crippen molar-refractivity contribution < 1.29 is 18.0 Å². The lowest BCUT2D eigenvalue weighted by Gasteiger charge is -2.34. The van der Waals surface area contributed by atoms with Crippen LogP contribution in [0.1, 0.15) is 36.5 Å². The highest BCUT2D eigenvalue weighted by atomic mass is 35.5. The van der Waals surface area contributed by atoms with E-state index in [9.17, 15) is 18.0 Å². The molecule has 1 atom stereocenters. The van der Waals surface area contributed by atoms with Gasteiger partial charge in [-0.3, -0.25) is 13.9 Å². The van der Waals surface area contributed by atoms with Gasteiger partial charge in [-0.05, 0) is 48.2 Å². The number of halogens is 2. The maximum atomic E-state index is 14.1. The molecule has 40 heavy (non-hydrogen) atoms. The number of unbranched alkanes of at least 4 members (excludes halogenated alkanes) is 1. The molecule has 0 saturated heterocycles. The summed E-state index contributed by atoms with van der Waals surface area (Å²) in [5.41, 5.74) is 2.89. The number of hydrogen-bond acceptors (Lipinski definition) is 4. The fourth-order valence-electron chi connectivity index (χ4n) is 4.29. The summed E-state index contributed by atoms with van der Waals surface area (Å²) in [7, 11) is -3.90. The van der Waals surface area contributed by atoms with Gasteiger partial charge in [0.25, 0.3) is 0 Å². The van der Waals surface area contributed by atoms with Gasteiger partial charge in [0.1, 0.15) is 12.6 Å². The zero-order valence-electron chi connectivity index (χ0n) is 22.9. The van der Waals surface area contributed by atoms with Crippen LogP contribution in [0.2, 0.25) is 10.0 Å². The van der Waals surface area contributed by atoms with Gasteiger partial charge >= 0.3 is 0 Å². The van der Waals surface area contributed by atoms with Gasteiger partial charge in [0.2, 0.25) is 21.8 Å². The van der Waals surface area contributed by atoms with E-state index in [2.05, 4.69) is 5.32 Å². The molecule has 3 rings (SSSR count). The maximum Gasteiger partial charge on any atom is 0.244 e. The summed E-state index contributed by atoms with van der Waals surface area (Å²) in [6.07, 6.45) is 2.99. The normalized spacial score (nSPS) is 12.0. The first-order valence-corrected chi connectivity index (χ1v) is 15.7. The van der Waals surface area contributed by atoms with E-state index in [1.807, 2.05) is 68.4 Å². The molecule has 0 heterocycles. The predicted molar refractivity (Wildman–Crippen MR) is 162 cm³/mol. The number of aryl methyl sites for hydroxylation is 1. The van der Waals surface area contributed by atoms with Gasteiger partial charge in [-0.25, -0.2) is 8.42 Å². The first-order chi connectivity index (χ1) is 19.0. The maximum absolute atomic E-state index is 14.1. The second-order valence-electron chi connectivity index (χ2n) is 9.67. The number of sulfonamides is 1. The molecular formula is C30H35Cl2N3O4S. The SMILES string of the molecule is CCCCNC(=O)C(Cc1ccccc1)N(Cc1ccccc1C)C(=O)CN(c1ccc(Cl)c(Cl)c1)S(C)(=O)=O. The summed E-state index contributed by atoms with van der Waals surface area (Å²) < 4.78 is 26.7. The number of hydrogen-bond donors (Lipinski definition) is 1. The third kappa shape index (κ3) is 8.71. The number of carbonyl (C=O) groups excluding carboxylic acids is 2. The number of carbonyl (C=O) groups is 2. The Morgan fingerprint density at radius 1 is 0.950 bits per heavy atom. The average Bonchev–Trinajstić information content (AvgIpc) is 2.91. The van der Waals surface area contributed by atoms with E-state index in [1.165, 1.54) is 23.1 Å². The summed E-state index contributed by atoms with van der Waals surface area (Å²) >= 11 is 12.2. The third-order valence-corrected chi connectivity index (χ3v) is 8.45. The Balaban J connectivity index is 2.05. The van der Waals surface area contributed by atoms with Gasteiger partial charge in [-0.1, -0.05) is 91.1 Å². The summed E-state index contributed by atoms with van der Waals surface area (Å²) in [6, 6.07) is 20.6. The molecule has 214 valence electrons. The Morgan fingerprint density at radius 3 is 2.25 bits per heavy atom. The highest BCUT2D eigenvalue weighted by molar-refractivity contribution is 7.92. The molecule has 0 aliphatic heterocycles. The minimum atomic E-state index is -3.90. The molecule has 7 nitrogen and oxygen atoms in total. The minimum Gasteiger partial charge on any atom is -0.354 e. The largest absolute Gasteiger partial charge is 0.354 e. The number of nitrogens with zero attached hydrogens (tertiary/aromatic N) is 2. The second-order valence-corrected chi connectivity index (χ2v) is 12.4. The lowest BCUT2D eigenvalue weighted by molar-refractivity contribution is -0.140. The van der Waals surface area contributed by atoms with Gasteiger partial charge in [-0.15, -0.1) is 0 Å². The molecule has 0 radical (unpaired) electrons. The van der Waals surface area contributed by atoms with E-state index < -0.39 is 28.5 Å². The van der Waals surface area contributed by atoms with E-state index >= 15 is 0 Å². The first kappa shape index (κ1) is 31.5. The molecule has 3 aromatic rings. The van der Waals surface area contributed by atoms with Crippen LogP contribution in [0.4, 0.5) is 5.69 Å². The summed E-state index contributed by atoms with van der Waals surface area (Å²) in [4.78, 5) is 29.2. The fraction of sp³-hybridized carbons (Fsp3) is 0.333. The van der Waals surface area contributed by atoms with E-state index in [0.717, 1.165) is 40.1 Å². The van der Waals surface area contributed by atoms with Crippen LogP contribution >= 0.6 is 23.2 Å². The quantitative estimate of drug-likeness (QED) is 0.257. The van der Waals surface area contributed by atoms with Crippen molar-refractivity contribution in [2.24, 2.45) is 0 Å². The lowest BCUT2D eigenvalue weighted by Crippen LogP contribution is -2.53. The van der Waals surface area contributed by atoms with E-state index in [-0.39, 0.29) is 34.6 Å². The number of rotatable bonds is 13. The van der Waals surface area contributed by atoms with E-state index in [4.69, 9.17) is 23.2 Å². The standard InChI is InChI=1S/C30H35Cl2N3O4S/c1-4-5-17-33-30(37)28(18-23-12-7-6-8-13-23)34(20-24-14-10-9-11-22(24)2)29(36)21-35(40(3,38)39)25-15-16-26(31)27(32)19-25/h6-16,19,28H,4-5,17-18,20-21H2,1-3H3,(H,33,37). The molecule has 0 aliphatic rings. The smallest absolute Gasteiger partial charge is 0.244 e. The monoisotopic (exact) mass is 603 g/mol.